The van der Waals surface area contributed by atoms with Crippen molar-refractivity contribution in [1.29, 1.82) is 0 Å². The number of fused-ring (bicyclic) bond motifs is 1. The maximum Gasteiger partial charge on any atom is 0.254 e. The Bertz CT molecular complexity index is 922. The highest BCUT2D eigenvalue weighted by molar-refractivity contribution is 7.10. The molecular formula is C25H34N4O2S. The summed E-state index contributed by atoms with van der Waals surface area (Å²) >= 11 is 1.62. The van der Waals surface area contributed by atoms with Crippen molar-refractivity contribution in [2.24, 2.45) is 5.92 Å². The Morgan fingerprint density at radius 1 is 1.12 bits per heavy atom. The lowest BCUT2D eigenvalue weighted by molar-refractivity contribution is -0.124. The molecule has 1 saturated heterocycles. The van der Waals surface area contributed by atoms with Gasteiger partial charge in [-0.1, -0.05) is 38.1 Å². The van der Waals surface area contributed by atoms with Gasteiger partial charge in [-0.2, -0.15) is 0 Å². The van der Waals surface area contributed by atoms with Gasteiger partial charge in [0.05, 0.1) is 12.0 Å². The first kappa shape index (κ1) is 23.0. The smallest absolute Gasteiger partial charge is 0.254 e. The number of benzene rings is 1. The van der Waals surface area contributed by atoms with E-state index in [1.54, 1.807) is 11.3 Å². The second-order valence-corrected chi connectivity index (χ2v) is 10.3. The van der Waals surface area contributed by atoms with E-state index in [2.05, 4.69) is 36.0 Å². The molecule has 1 fully saturated rings. The fourth-order valence-corrected chi connectivity index (χ4v) is 5.64. The first-order chi connectivity index (χ1) is 15.5. The van der Waals surface area contributed by atoms with Crippen molar-refractivity contribution >= 4 is 23.2 Å². The third-order valence-corrected chi connectivity index (χ3v) is 7.38. The molecule has 7 heteroatoms. The summed E-state index contributed by atoms with van der Waals surface area (Å²) in [6.07, 6.45) is 0. The molecule has 6 nitrogen and oxygen atoms in total. The number of carbonyl (C=O) groups is 2. The van der Waals surface area contributed by atoms with Gasteiger partial charge in [0, 0.05) is 56.3 Å². The molecule has 1 aromatic carbocycles. The van der Waals surface area contributed by atoms with Crippen molar-refractivity contribution in [3.05, 3.63) is 57.8 Å². The van der Waals surface area contributed by atoms with Crippen LogP contribution >= 0.6 is 11.3 Å². The van der Waals surface area contributed by atoms with Crippen molar-refractivity contribution in [3.8, 4) is 0 Å². The van der Waals surface area contributed by atoms with Crippen molar-refractivity contribution < 1.29 is 9.59 Å². The molecule has 2 atom stereocenters. The lowest BCUT2D eigenvalue weighted by atomic mass is 9.81. The van der Waals surface area contributed by atoms with Crippen molar-refractivity contribution in [2.45, 2.75) is 25.8 Å². The first-order valence-electron chi connectivity index (χ1n) is 11.6. The van der Waals surface area contributed by atoms with Crippen LogP contribution in [0.4, 0.5) is 0 Å². The number of nitrogens with one attached hydrogen (secondary N) is 1. The highest BCUT2D eigenvalue weighted by Crippen LogP contribution is 2.44. The fourth-order valence-electron chi connectivity index (χ4n) is 4.76. The molecule has 1 N–H and O–H groups in total. The average Bonchev–Trinajstić information content (AvgIpc) is 3.31. The Hall–Kier alpha value is -2.22. The number of nitrogens with zero attached hydrogens (tertiary/aromatic N) is 3. The second-order valence-electron chi connectivity index (χ2n) is 9.31. The zero-order chi connectivity index (χ0) is 22.7. The standard InChI is InChI=1S/C25H34N4O2S/c1-18(2)17-29-23(21-9-6-16-32-21)22(19-7-4-5-8-20(19)25(29)31)24(30)26-10-11-28-14-12-27(3)13-15-28/h4-9,16,18,22-23H,10-15,17H2,1-3H3,(H,26,30)/t22-,23+/m0/s1. The quantitative estimate of drug-likeness (QED) is 0.699. The number of likely N-dealkylation sites (N-methyl/N-ethyl adjacent to an activating group) is 1. The summed E-state index contributed by atoms with van der Waals surface area (Å²) in [6.45, 7) is 10.5. The molecule has 172 valence electrons. The maximum absolute atomic E-state index is 13.6. The van der Waals surface area contributed by atoms with E-state index in [1.807, 2.05) is 46.7 Å². The van der Waals surface area contributed by atoms with Crippen LogP contribution in [0.1, 0.15) is 46.6 Å². The number of amides is 2. The summed E-state index contributed by atoms with van der Waals surface area (Å²) in [5.41, 5.74) is 1.49. The monoisotopic (exact) mass is 454 g/mol. The lowest BCUT2D eigenvalue weighted by Crippen LogP contribution is -2.50. The maximum atomic E-state index is 13.6. The van der Waals surface area contributed by atoms with Crippen LogP contribution in [0.3, 0.4) is 0 Å². The van der Waals surface area contributed by atoms with Crippen molar-refractivity contribution in [1.82, 2.24) is 20.0 Å². The number of rotatable bonds is 7. The van der Waals surface area contributed by atoms with Gasteiger partial charge in [-0.15, -0.1) is 11.3 Å². The van der Waals surface area contributed by atoms with E-state index < -0.39 is 5.92 Å². The summed E-state index contributed by atoms with van der Waals surface area (Å²) in [4.78, 5) is 34.8. The van der Waals surface area contributed by atoms with Gasteiger partial charge in [-0.05, 0) is 36.0 Å². The summed E-state index contributed by atoms with van der Waals surface area (Å²) in [6, 6.07) is 11.4. The molecule has 4 rings (SSSR count). The van der Waals surface area contributed by atoms with Crippen LogP contribution in [-0.4, -0.2) is 79.4 Å². The van der Waals surface area contributed by atoms with Gasteiger partial charge in [0.2, 0.25) is 5.91 Å². The van der Waals surface area contributed by atoms with Crippen LogP contribution in [-0.2, 0) is 4.79 Å². The Morgan fingerprint density at radius 2 is 1.88 bits per heavy atom. The van der Waals surface area contributed by atoms with Gasteiger partial charge in [0.1, 0.15) is 0 Å². The normalized spacial score (nSPS) is 22.2. The molecule has 0 spiro atoms. The van der Waals surface area contributed by atoms with E-state index in [-0.39, 0.29) is 17.9 Å². The molecular weight excluding hydrogens is 420 g/mol. The van der Waals surface area contributed by atoms with Crippen LogP contribution in [0.15, 0.2) is 41.8 Å². The Labute approximate surface area is 195 Å². The molecule has 0 saturated carbocycles. The Balaban J connectivity index is 1.58. The number of thiophene rings is 1. The van der Waals surface area contributed by atoms with Gasteiger partial charge in [0.25, 0.3) is 5.91 Å². The number of carbonyl (C=O) groups excluding carboxylic acids is 2. The Kier molecular flexibility index (Phi) is 7.28. The average molecular weight is 455 g/mol. The van der Waals surface area contributed by atoms with Gasteiger partial charge in [0.15, 0.2) is 0 Å². The zero-order valence-corrected chi connectivity index (χ0v) is 20.1. The topological polar surface area (TPSA) is 55.9 Å². The van der Waals surface area contributed by atoms with Gasteiger partial charge in [-0.25, -0.2) is 0 Å². The van der Waals surface area contributed by atoms with Crippen LogP contribution in [0.25, 0.3) is 0 Å². The molecule has 1 aromatic heterocycles. The lowest BCUT2D eigenvalue weighted by Gasteiger charge is -2.42. The molecule has 3 heterocycles. The van der Waals surface area contributed by atoms with E-state index >= 15 is 0 Å². The van der Waals surface area contributed by atoms with Crippen LogP contribution in [0.5, 0.6) is 0 Å². The zero-order valence-electron chi connectivity index (χ0n) is 19.3. The van der Waals surface area contributed by atoms with Gasteiger partial charge in [-0.3, -0.25) is 14.5 Å². The van der Waals surface area contributed by atoms with E-state index in [1.165, 1.54) is 0 Å². The predicted octanol–water partition coefficient (Wildman–Crippen LogP) is 3.05. The minimum absolute atomic E-state index is 0.00577. The SMILES string of the molecule is CC(C)CN1C(=O)c2ccccc2[C@H](C(=O)NCCN2CCN(C)CC2)[C@H]1c1cccs1. The molecule has 32 heavy (non-hydrogen) atoms. The Morgan fingerprint density at radius 3 is 2.56 bits per heavy atom. The molecule has 0 radical (unpaired) electrons. The summed E-state index contributed by atoms with van der Waals surface area (Å²) < 4.78 is 0. The van der Waals surface area contributed by atoms with Gasteiger partial charge >= 0.3 is 0 Å². The fraction of sp³-hybridized carbons (Fsp3) is 0.520. The summed E-state index contributed by atoms with van der Waals surface area (Å²) in [5.74, 6) is -0.0678. The molecule has 0 aliphatic carbocycles. The number of hydrogen-bond donors (Lipinski definition) is 1. The molecule has 2 aliphatic rings. The van der Waals surface area contributed by atoms with E-state index in [0.717, 1.165) is 43.2 Å². The van der Waals surface area contributed by atoms with E-state index in [9.17, 15) is 9.59 Å². The first-order valence-corrected chi connectivity index (χ1v) is 12.5. The van der Waals surface area contributed by atoms with E-state index in [4.69, 9.17) is 0 Å². The van der Waals surface area contributed by atoms with Crippen LogP contribution in [0, 0.1) is 5.92 Å². The molecule has 2 amide bonds. The van der Waals surface area contributed by atoms with Gasteiger partial charge < -0.3 is 15.1 Å². The van der Waals surface area contributed by atoms with Crippen LogP contribution in [0.2, 0.25) is 0 Å². The van der Waals surface area contributed by atoms with E-state index in [0.29, 0.717) is 24.6 Å². The number of piperazine rings is 1. The largest absolute Gasteiger partial charge is 0.354 e. The van der Waals surface area contributed by atoms with Crippen LogP contribution < -0.4 is 5.32 Å². The molecule has 0 unspecified atom stereocenters. The highest BCUT2D eigenvalue weighted by atomic mass is 32.1. The summed E-state index contributed by atoms with van der Waals surface area (Å²) in [7, 11) is 2.15. The third kappa shape index (κ3) is 4.90. The van der Waals surface area contributed by atoms with Crippen molar-refractivity contribution in [2.75, 3.05) is 52.9 Å². The molecule has 2 aliphatic heterocycles. The second kappa shape index (κ2) is 10.1. The highest BCUT2D eigenvalue weighted by Gasteiger charge is 2.44. The predicted molar refractivity (Wildman–Crippen MR) is 129 cm³/mol. The molecule has 0 bridgehead atoms. The molecule has 2 aromatic rings. The summed E-state index contributed by atoms with van der Waals surface area (Å²) in [5, 5.41) is 5.23. The minimum atomic E-state index is -0.409. The number of hydrogen-bond acceptors (Lipinski definition) is 5. The minimum Gasteiger partial charge on any atom is -0.354 e. The third-order valence-electron chi connectivity index (χ3n) is 6.44. The van der Waals surface area contributed by atoms with Crippen molar-refractivity contribution in [3.63, 3.8) is 0 Å².